The minimum Gasteiger partial charge on any atom is -0.294 e. The molecule has 0 heterocycles. The van der Waals surface area contributed by atoms with Crippen LogP contribution in [0.1, 0.15) is 44.3 Å². The number of sulfonamides is 1. The summed E-state index contributed by atoms with van der Waals surface area (Å²) in [7, 11) is -4.44. The second-order valence-electron chi connectivity index (χ2n) is 7.44. The lowest BCUT2D eigenvalue weighted by molar-refractivity contribution is -0.137. The van der Waals surface area contributed by atoms with E-state index >= 15 is 0 Å². The summed E-state index contributed by atoms with van der Waals surface area (Å²) in [5.41, 5.74) is -1.04. The van der Waals surface area contributed by atoms with E-state index in [0.717, 1.165) is 19.1 Å². The first-order valence-corrected chi connectivity index (χ1v) is 11.8. The van der Waals surface area contributed by atoms with E-state index in [-0.39, 0.29) is 28.3 Å². The third kappa shape index (κ3) is 5.88. The number of hydrogen-bond acceptors (Lipinski definition) is 5. The van der Waals surface area contributed by atoms with E-state index < -0.39 is 38.2 Å². The topological polar surface area (TPSA) is 104 Å². The van der Waals surface area contributed by atoms with Gasteiger partial charge in [-0.25, -0.2) is 8.42 Å². The van der Waals surface area contributed by atoms with Crippen LogP contribution in [0.3, 0.4) is 0 Å². The Kier molecular flexibility index (Phi) is 7.33. The minimum atomic E-state index is -4.65. The van der Waals surface area contributed by atoms with Crippen molar-refractivity contribution in [1.82, 2.24) is 0 Å². The number of ketones is 2. The third-order valence-corrected chi connectivity index (χ3v) is 6.64. The lowest BCUT2D eigenvalue weighted by Crippen LogP contribution is -2.19. The van der Waals surface area contributed by atoms with Crippen LogP contribution in [0.2, 0.25) is 5.02 Å². The Morgan fingerprint density at radius 1 is 1.03 bits per heavy atom. The molecule has 0 saturated heterocycles. The Balaban J connectivity index is 2.05. The monoisotopic (exact) mass is 520 g/mol. The number of alkyl halides is 3. The number of benzene rings is 3. The van der Waals surface area contributed by atoms with Gasteiger partial charge in [-0.2, -0.15) is 18.4 Å². The van der Waals surface area contributed by atoms with E-state index in [1.165, 1.54) is 24.3 Å². The zero-order valence-electron chi connectivity index (χ0n) is 18.0. The summed E-state index contributed by atoms with van der Waals surface area (Å²) in [5, 5.41) is 8.99. The van der Waals surface area contributed by atoms with Gasteiger partial charge >= 0.3 is 6.18 Å². The highest BCUT2D eigenvalue weighted by atomic mass is 35.5. The molecule has 0 aliphatic rings. The second-order valence-corrected chi connectivity index (χ2v) is 9.53. The number of carbonyl (C=O) groups excluding carboxylic acids is 2. The molecule has 6 nitrogen and oxygen atoms in total. The van der Waals surface area contributed by atoms with Gasteiger partial charge in [0.2, 0.25) is 0 Å². The van der Waals surface area contributed by atoms with Crippen LogP contribution in [-0.2, 0) is 22.6 Å². The van der Waals surface area contributed by atoms with Gasteiger partial charge in [-0.1, -0.05) is 23.7 Å². The average Bonchev–Trinajstić information content (AvgIpc) is 2.79. The number of nitriles is 1. The van der Waals surface area contributed by atoms with E-state index in [4.69, 9.17) is 16.9 Å². The molecule has 3 rings (SSSR count). The van der Waals surface area contributed by atoms with Crippen molar-refractivity contribution in [3.63, 3.8) is 0 Å². The van der Waals surface area contributed by atoms with Crippen LogP contribution in [0.4, 0.5) is 18.9 Å². The van der Waals surface area contributed by atoms with E-state index in [1.54, 1.807) is 12.1 Å². The molecule has 0 aromatic heterocycles. The Morgan fingerprint density at radius 3 is 2.26 bits per heavy atom. The summed E-state index contributed by atoms with van der Waals surface area (Å²) in [6, 6.07) is 13.3. The fourth-order valence-electron chi connectivity index (χ4n) is 3.35. The maximum atomic E-state index is 13.2. The number of nitrogens with zero attached hydrogens (tertiary/aromatic N) is 1. The van der Waals surface area contributed by atoms with Gasteiger partial charge in [-0.05, 0) is 61.0 Å². The largest absolute Gasteiger partial charge is 0.416 e. The normalized spacial score (nSPS) is 11.5. The van der Waals surface area contributed by atoms with Crippen molar-refractivity contribution in [3.8, 4) is 6.07 Å². The van der Waals surface area contributed by atoms with E-state index in [2.05, 4.69) is 4.72 Å². The van der Waals surface area contributed by atoms with E-state index in [1.807, 2.05) is 6.07 Å². The SMILES string of the molecule is CC(=O)c1c(Cl)ccc(NS(=O)(=O)c2ccc(C(F)(F)F)cc2)c1C(=O)Cc1cccc(C#N)c1. The molecule has 3 aromatic carbocycles. The average molecular weight is 521 g/mol. The molecule has 3 aromatic rings. The van der Waals surface area contributed by atoms with Crippen LogP contribution in [0.15, 0.2) is 65.6 Å². The van der Waals surface area contributed by atoms with Gasteiger partial charge in [-0.3, -0.25) is 14.3 Å². The molecule has 0 aliphatic carbocycles. The molecule has 1 N–H and O–H groups in total. The van der Waals surface area contributed by atoms with Crippen LogP contribution in [-0.4, -0.2) is 20.0 Å². The quantitative estimate of drug-likeness (QED) is 0.405. The minimum absolute atomic E-state index is 0.0795. The maximum Gasteiger partial charge on any atom is 0.416 e. The van der Waals surface area contributed by atoms with Gasteiger partial charge in [0.25, 0.3) is 10.0 Å². The fraction of sp³-hybridized carbons (Fsp3) is 0.125. The molecule has 35 heavy (non-hydrogen) atoms. The van der Waals surface area contributed by atoms with Crippen molar-refractivity contribution < 1.29 is 31.2 Å². The molecule has 0 fully saturated rings. The molecular formula is C24H16ClF3N2O4S. The molecule has 180 valence electrons. The van der Waals surface area contributed by atoms with Crippen LogP contribution in [0, 0.1) is 11.3 Å². The first-order valence-electron chi connectivity index (χ1n) is 9.89. The molecule has 0 saturated carbocycles. The molecule has 0 spiro atoms. The number of halogens is 4. The molecule has 0 radical (unpaired) electrons. The first kappa shape index (κ1) is 25.9. The number of carbonyl (C=O) groups is 2. The lowest BCUT2D eigenvalue weighted by atomic mass is 9.94. The molecule has 0 unspecified atom stereocenters. The van der Waals surface area contributed by atoms with Gasteiger partial charge < -0.3 is 0 Å². The highest BCUT2D eigenvalue weighted by molar-refractivity contribution is 7.92. The summed E-state index contributed by atoms with van der Waals surface area (Å²) in [6.45, 7) is 1.16. The lowest BCUT2D eigenvalue weighted by Gasteiger charge is -2.16. The molecular weight excluding hydrogens is 505 g/mol. The molecule has 0 aliphatic heterocycles. The van der Waals surface area contributed by atoms with Crippen molar-refractivity contribution in [3.05, 3.63) is 93.5 Å². The number of hydrogen-bond donors (Lipinski definition) is 1. The van der Waals surface area contributed by atoms with Gasteiger partial charge in [0, 0.05) is 12.0 Å². The summed E-state index contributed by atoms with van der Waals surface area (Å²) >= 11 is 6.14. The highest BCUT2D eigenvalue weighted by Gasteiger charge is 2.31. The number of nitrogens with one attached hydrogen (secondary N) is 1. The van der Waals surface area contributed by atoms with Crippen LogP contribution in [0.25, 0.3) is 0 Å². The van der Waals surface area contributed by atoms with Gasteiger partial charge in [0.1, 0.15) is 0 Å². The Bertz CT molecular complexity index is 1460. The summed E-state index contributed by atoms with van der Waals surface area (Å²) in [5.74, 6) is -1.25. The standard InChI is InChI=1S/C24H16ClF3N2O4S/c1-14(31)22-19(25)9-10-20(23(22)21(32)12-15-3-2-4-16(11-15)13-29)30-35(33,34)18-7-5-17(6-8-18)24(26,27)28/h2-11,30H,12H2,1H3. The van der Waals surface area contributed by atoms with Crippen molar-refractivity contribution in [2.24, 2.45) is 0 Å². The van der Waals surface area contributed by atoms with Crippen molar-refractivity contribution in [2.45, 2.75) is 24.4 Å². The van der Waals surface area contributed by atoms with Crippen molar-refractivity contribution in [1.29, 1.82) is 5.26 Å². The molecule has 0 atom stereocenters. The van der Waals surface area contributed by atoms with E-state index in [9.17, 15) is 31.2 Å². The number of anilines is 1. The highest BCUT2D eigenvalue weighted by Crippen LogP contribution is 2.32. The summed E-state index contributed by atoms with van der Waals surface area (Å²) < 4.78 is 66.4. The Hall–Kier alpha value is -3.68. The predicted molar refractivity (Wildman–Crippen MR) is 123 cm³/mol. The predicted octanol–water partition coefficient (Wildman–Crippen LogP) is 5.66. The third-order valence-electron chi connectivity index (χ3n) is 4.94. The van der Waals surface area contributed by atoms with Gasteiger partial charge in [-0.15, -0.1) is 0 Å². The summed E-state index contributed by atoms with van der Waals surface area (Å²) in [4.78, 5) is 25.1. The van der Waals surface area contributed by atoms with Crippen LogP contribution < -0.4 is 4.72 Å². The zero-order chi connectivity index (χ0) is 26.0. The fourth-order valence-corrected chi connectivity index (χ4v) is 4.71. The molecule has 0 amide bonds. The van der Waals surface area contributed by atoms with Gasteiger partial charge in [0.05, 0.1) is 38.4 Å². The second kappa shape index (κ2) is 9.90. The Morgan fingerprint density at radius 2 is 1.69 bits per heavy atom. The zero-order valence-corrected chi connectivity index (χ0v) is 19.6. The van der Waals surface area contributed by atoms with Crippen LogP contribution >= 0.6 is 11.6 Å². The first-order chi connectivity index (χ1) is 16.3. The van der Waals surface area contributed by atoms with E-state index in [0.29, 0.717) is 23.3 Å². The Labute approximate surface area is 204 Å². The molecule has 11 heteroatoms. The smallest absolute Gasteiger partial charge is 0.294 e. The number of Topliss-reactive ketones (excluding diaryl/α,β-unsaturated/α-hetero) is 2. The number of rotatable bonds is 7. The van der Waals surface area contributed by atoms with Crippen molar-refractivity contribution >= 4 is 38.9 Å². The van der Waals surface area contributed by atoms with Crippen molar-refractivity contribution in [2.75, 3.05) is 4.72 Å². The summed E-state index contributed by atoms with van der Waals surface area (Å²) in [6.07, 6.45) is -4.92. The maximum absolute atomic E-state index is 13.2. The van der Waals surface area contributed by atoms with Gasteiger partial charge in [0.15, 0.2) is 11.6 Å². The molecule has 0 bridgehead atoms. The van der Waals surface area contributed by atoms with Crippen LogP contribution in [0.5, 0.6) is 0 Å².